The fraction of sp³-hybridized carbons (Fsp3) is 0.105. The molecule has 0 spiro atoms. The summed E-state index contributed by atoms with van der Waals surface area (Å²) < 4.78 is 2.03. The molecule has 0 aliphatic carbocycles. The summed E-state index contributed by atoms with van der Waals surface area (Å²) in [5, 5.41) is 12.4. The second-order valence-corrected chi connectivity index (χ2v) is 7.37. The molecule has 4 aromatic rings. The van der Waals surface area contributed by atoms with Crippen molar-refractivity contribution in [2.45, 2.75) is 17.8 Å². The first-order valence-electron chi connectivity index (χ1n) is 7.90. The van der Waals surface area contributed by atoms with Gasteiger partial charge in [0.1, 0.15) is 11.3 Å². The SMILES string of the molecule is Cc1ccccc1-n1cnnc1SCc1csc(-c2ccccc2)n1. The highest BCUT2D eigenvalue weighted by Crippen LogP contribution is 2.28. The number of hydrogen-bond acceptors (Lipinski definition) is 5. The molecule has 0 fully saturated rings. The van der Waals surface area contributed by atoms with Crippen LogP contribution in [-0.2, 0) is 5.75 Å². The number of aromatic nitrogens is 4. The van der Waals surface area contributed by atoms with Crippen molar-refractivity contribution in [1.82, 2.24) is 19.7 Å². The fourth-order valence-electron chi connectivity index (χ4n) is 2.55. The molecule has 0 bridgehead atoms. The molecule has 4 rings (SSSR count). The Bertz CT molecular complexity index is 976. The Morgan fingerprint density at radius 1 is 1.04 bits per heavy atom. The van der Waals surface area contributed by atoms with Crippen molar-refractivity contribution in [2.24, 2.45) is 0 Å². The maximum absolute atomic E-state index is 4.74. The second-order valence-electron chi connectivity index (χ2n) is 5.57. The number of hydrogen-bond donors (Lipinski definition) is 0. The van der Waals surface area contributed by atoms with E-state index in [1.807, 2.05) is 34.9 Å². The largest absolute Gasteiger partial charge is 0.276 e. The van der Waals surface area contributed by atoms with Crippen LogP contribution in [0, 0.1) is 6.92 Å². The van der Waals surface area contributed by atoms with Gasteiger partial charge in [0.15, 0.2) is 5.16 Å². The molecule has 0 unspecified atom stereocenters. The Hall–Kier alpha value is -2.44. The molecular formula is C19H16N4S2. The first-order valence-corrected chi connectivity index (χ1v) is 9.76. The Labute approximate surface area is 154 Å². The second kappa shape index (κ2) is 7.21. The number of nitrogens with zero attached hydrogens (tertiary/aromatic N) is 4. The van der Waals surface area contributed by atoms with Gasteiger partial charge < -0.3 is 0 Å². The van der Waals surface area contributed by atoms with Gasteiger partial charge in [0.05, 0.1) is 11.4 Å². The predicted octanol–water partition coefficient (Wildman–Crippen LogP) is 4.99. The van der Waals surface area contributed by atoms with Gasteiger partial charge in [0.2, 0.25) is 0 Å². The average molecular weight is 364 g/mol. The summed E-state index contributed by atoms with van der Waals surface area (Å²) in [6.07, 6.45) is 1.76. The van der Waals surface area contributed by atoms with Crippen LogP contribution in [0.5, 0.6) is 0 Å². The molecule has 2 heterocycles. The molecule has 0 saturated carbocycles. The summed E-state index contributed by atoms with van der Waals surface area (Å²) >= 11 is 3.33. The van der Waals surface area contributed by atoms with Crippen molar-refractivity contribution in [2.75, 3.05) is 0 Å². The first-order chi connectivity index (χ1) is 12.3. The third kappa shape index (κ3) is 3.50. The summed E-state index contributed by atoms with van der Waals surface area (Å²) in [4.78, 5) is 4.74. The Balaban J connectivity index is 1.51. The van der Waals surface area contributed by atoms with E-state index in [-0.39, 0.29) is 0 Å². The lowest BCUT2D eigenvalue weighted by Crippen LogP contribution is -1.97. The molecule has 2 aromatic heterocycles. The number of thiazole rings is 1. The quantitative estimate of drug-likeness (QED) is 0.468. The lowest BCUT2D eigenvalue weighted by molar-refractivity contribution is 0.877. The van der Waals surface area contributed by atoms with E-state index in [2.05, 4.69) is 46.8 Å². The van der Waals surface area contributed by atoms with Gasteiger partial charge in [-0.05, 0) is 18.6 Å². The van der Waals surface area contributed by atoms with Crippen LogP contribution in [-0.4, -0.2) is 19.7 Å². The van der Waals surface area contributed by atoms with Crippen molar-refractivity contribution < 1.29 is 0 Å². The maximum atomic E-state index is 4.74. The average Bonchev–Trinajstić information content (AvgIpc) is 3.30. The Morgan fingerprint density at radius 2 is 1.84 bits per heavy atom. The summed E-state index contributed by atoms with van der Waals surface area (Å²) in [7, 11) is 0. The lowest BCUT2D eigenvalue weighted by Gasteiger charge is -2.08. The van der Waals surface area contributed by atoms with E-state index in [1.165, 1.54) is 5.56 Å². The highest BCUT2D eigenvalue weighted by molar-refractivity contribution is 7.98. The molecule has 4 nitrogen and oxygen atoms in total. The van der Waals surface area contributed by atoms with E-state index >= 15 is 0 Å². The molecule has 0 atom stereocenters. The van der Waals surface area contributed by atoms with Crippen LogP contribution in [0.3, 0.4) is 0 Å². The summed E-state index contributed by atoms with van der Waals surface area (Å²) in [6, 6.07) is 18.5. The molecule has 25 heavy (non-hydrogen) atoms. The van der Waals surface area contributed by atoms with E-state index < -0.39 is 0 Å². The Morgan fingerprint density at radius 3 is 2.68 bits per heavy atom. The van der Waals surface area contributed by atoms with Crippen LogP contribution in [0.25, 0.3) is 16.3 Å². The minimum absolute atomic E-state index is 0.772. The molecule has 0 aliphatic rings. The van der Waals surface area contributed by atoms with Crippen LogP contribution in [0.4, 0.5) is 0 Å². The monoisotopic (exact) mass is 364 g/mol. The van der Waals surface area contributed by atoms with E-state index in [0.29, 0.717) is 0 Å². The van der Waals surface area contributed by atoms with E-state index in [9.17, 15) is 0 Å². The minimum Gasteiger partial charge on any atom is -0.276 e. The summed E-state index contributed by atoms with van der Waals surface area (Å²) in [5.41, 5.74) is 4.53. The molecule has 0 aliphatic heterocycles. The zero-order chi connectivity index (χ0) is 17.1. The smallest absolute Gasteiger partial charge is 0.196 e. The van der Waals surface area contributed by atoms with Crippen LogP contribution in [0.1, 0.15) is 11.3 Å². The molecular weight excluding hydrogens is 348 g/mol. The minimum atomic E-state index is 0.772. The standard InChI is InChI=1S/C19H16N4S2/c1-14-7-5-6-10-17(14)23-13-20-22-19(23)25-12-16-11-24-18(21-16)15-8-3-2-4-9-15/h2-11,13H,12H2,1H3. The molecule has 2 aromatic carbocycles. The molecule has 0 saturated heterocycles. The molecule has 0 radical (unpaired) electrons. The topological polar surface area (TPSA) is 43.6 Å². The van der Waals surface area contributed by atoms with Crippen molar-refractivity contribution in [3.63, 3.8) is 0 Å². The van der Waals surface area contributed by atoms with Crippen LogP contribution >= 0.6 is 23.1 Å². The van der Waals surface area contributed by atoms with Crippen LogP contribution < -0.4 is 0 Å². The van der Waals surface area contributed by atoms with Crippen LogP contribution in [0.15, 0.2) is 71.5 Å². The van der Waals surface area contributed by atoms with Gasteiger partial charge in [0, 0.05) is 16.7 Å². The number of thioether (sulfide) groups is 1. The highest BCUT2D eigenvalue weighted by atomic mass is 32.2. The highest BCUT2D eigenvalue weighted by Gasteiger charge is 2.11. The normalized spacial score (nSPS) is 10.9. The number of rotatable bonds is 5. The van der Waals surface area contributed by atoms with Gasteiger partial charge in [-0.15, -0.1) is 21.5 Å². The first kappa shape index (κ1) is 16.1. The zero-order valence-corrected chi connectivity index (χ0v) is 15.3. The third-order valence-corrected chi connectivity index (χ3v) is 5.73. The molecule has 124 valence electrons. The van der Waals surface area contributed by atoms with Crippen LogP contribution in [0.2, 0.25) is 0 Å². The zero-order valence-electron chi connectivity index (χ0n) is 13.7. The van der Waals surface area contributed by atoms with Gasteiger partial charge in [-0.25, -0.2) is 4.98 Å². The Kier molecular flexibility index (Phi) is 4.63. The van der Waals surface area contributed by atoms with Crippen molar-refractivity contribution in [3.8, 4) is 16.3 Å². The molecule has 6 heteroatoms. The molecule has 0 amide bonds. The van der Waals surface area contributed by atoms with E-state index in [0.717, 1.165) is 32.9 Å². The van der Waals surface area contributed by atoms with Gasteiger partial charge in [-0.1, -0.05) is 60.3 Å². The molecule has 0 N–H and O–H groups in total. The summed E-state index contributed by atoms with van der Waals surface area (Å²) in [6.45, 7) is 2.09. The maximum Gasteiger partial charge on any atom is 0.196 e. The van der Waals surface area contributed by atoms with Gasteiger partial charge in [-0.3, -0.25) is 4.57 Å². The van der Waals surface area contributed by atoms with Gasteiger partial charge in [0.25, 0.3) is 0 Å². The van der Waals surface area contributed by atoms with Gasteiger partial charge in [-0.2, -0.15) is 0 Å². The third-order valence-electron chi connectivity index (χ3n) is 3.81. The van der Waals surface area contributed by atoms with Gasteiger partial charge >= 0.3 is 0 Å². The number of aryl methyl sites for hydroxylation is 1. The van der Waals surface area contributed by atoms with E-state index in [1.54, 1.807) is 29.4 Å². The number of para-hydroxylation sites is 1. The van der Waals surface area contributed by atoms with E-state index in [4.69, 9.17) is 4.98 Å². The summed E-state index contributed by atoms with van der Waals surface area (Å²) in [5.74, 6) is 0.772. The predicted molar refractivity (Wildman–Crippen MR) is 103 cm³/mol. The van der Waals surface area contributed by atoms with Crippen molar-refractivity contribution in [3.05, 3.63) is 77.6 Å². The lowest BCUT2D eigenvalue weighted by atomic mass is 10.2. The van der Waals surface area contributed by atoms with Crippen molar-refractivity contribution in [1.29, 1.82) is 0 Å². The fourth-order valence-corrected chi connectivity index (χ4v) is 4.29. The number of benzene rings is 2. The van der Waals surface area contributed by atoms with Crippen molar-refractivity contribution >= 4 is 23.1 Å².